The summed E-state index contributed by atoms with van der Waals surface area (Å²) in [6.45, 7) is 1.78. The highest BCUT2D eigenvalue weighted by atomic mass is 32.1. The first-order chi connectivity index (χ1) is 5.07. The van der Waals surface area contributed by atoms with E-state index in [1.54, 1.807) is 19.1 Å². The number of hydrogen-bond donors (Lipinski definition) is 2. The molecule has 0 aromatic heterocycles. The van der Waals surface area contributed by atoms with E-state index in [-0.39, 0.29) is 11.2 Å². The Kier molecular flexibility index (Phi) is 2.20. The van der Waals surface area contributed by atoms with Crippen LogP contribution in [0, 0.1) is 5.41 Å². The molecule has 0 fully saturated rings. The predicted octanol–water partition coefficient (Wildman–Crippen LogP) is 0.902. The molecule has 2 unspecified atom stereocenters. The summed E-state index contributed by atoms with van der Waals surface area (Å²) in [6, 6.07) is -0.252. The molecule has 0 aliphatic heterocycles. The topological polar surface area (TPSA) is 43.1 Å². The molecule has 60 valence electrons. The lowest BCUT2D eigenvalue weighted by atomic mass is 9.81. The predicted molar refractivity (Wildman–Crippen MR) is 48.4 cm³/mol. The summed E-state index contributed by atoms with van der Waals surface area (Å²) in [6.07, 6.45) is 7.24. The van der Waals surface area contributed by atoms with Crippen molar-refractivity contribution in [3.8, 4) is 0 Å². The molecular formula is C8H11NOS. The third kappa shape index (κ3) is 1.39. The SMILES string of the molecule is CC1(C(=O)S)C=CC=CC1N. The number of thiol groups is 1. The fourth-order valence-corrected chi connectivity index (χ4v) is 1.19. The molecule has 2 atom stereocenters. The Bertz CT molecular complexity index is 234. The monoisotopic (exact) mass is 169 g/mol. The molecule has 1 aliphatic carbocycles. The van der Waals surface area contributed by atoms with Crippen LogP contribution in [0.4, 0.5) is 0 Å². The van der Waals surface area contributed by atoms with E-state index in [1.165, 1.54) is 0 Å². The average Bonchev–Trinajstić information content (AvgIpc) is 1.95. The molecule has 0 saturated carbocycles. The zero-order valence-corrected chi connectivity index (χ0v) is 7.21. The summed E-state index contributed by atoms with van der Waals surface area (Å²) in [5.41, 5.74) is 5.08. The number of carbonyl (C=O) groups excluding carboxylic acids is 1. The van der Waals surface area contributed by atoms with E-state index in [0.29, 0.717) is 0 Å². The van der Waals surface area contributed by atoms with Crippen LogP contribution in [0.2, 0.25) is 0 Å². The second-order valence-corrected chi connectivity index (χ2v) is 3.26. The number of hydrogen-bond acceptors (Lipinski definition) is 2. The second kappa shape index (κ2) is 2.83. The van der Waals surface area contributed by atoms with Crippen molar-refractivity contribution >= 4 is 17.7 Å². The van der Waals surface area contributed by atoms with Crippen molar-refractivity contribution in [3.05, 3.63) is 24.3 Å². The number of allylic oxidation sites excluding steroid dienone is 2. The number of rotatable bonds is 1. The Morgan fingerprint density at radius 3 is 2.64 bits per heavy atom. The maximum absolute atomic E-state index is 11.0. The standard InChI is InChI=1S/C8H11NOS/c1-8(7(10)11)5-3-2-4-6(8)9/h2-6H,9H2,1H3,(H,10,11). The minimum absolute atomic E-state index is 0.189. The molecule has 11 heavy (non-hydrogen) atoms. The smallest absolute Gasteiger partial charge is 0.197 e. The van der Waals surface area contributed by atoms with Gasteiger partial charge in [0.15, 0.2) is 5.12 Å². The molecule has 1 rings (SSSR count). The fraction of sp³-hybridized carbons (Fsp3) is 0.375. The van der Waals surface area contributed by atoms with Crippen LogP contribution in [0.25, 0.3) is 0 Å². The van der Waals surface area contributed by atoms with Gasteiger partial charge in [-0.25, -0.2) is 0 Å². The normalized spacial score (nSPS) is 35.7. The van der Waals surface area contributed by atoms with E-state index in [1.807, 2.05) is 12.2 Å². The molecule has 2 N–H and O–H groups in total. The van der Waals surface area contributed by atoms with E-state index in [9.17, 15) is 4.79 Å². The summed E-state index contributed by atoms with van der Waals surface area (Å²) in [5, 5.41) is -0.189. The van der Waals surface area contributed by atoms with E-state index in [4.69, 9.17) is 5.73 Å². The maximum atomic E-state index is 11.0. The molecule has 0 radical (unpaired) electrons. The first kappa shape index (κ1) is 8.56. The Hall–Kier alpha value is -0.540. The lowest BCUT2D eigenvalue weighted by molar-refractivity contribution is -0.117. The third-order valence-electron chi connectivity index (χ3n) is 2.03. The molecule has 0 spiro atoms. The van der Waals surface area contributed by atoms with Crippen molar-refractivity contribution in [2.45, 2.75) is 13.0 Å². The maximum Gasteiger partial charge on any atom is 0.197 e. The molecule has 0 aromatic rings. The van der Waals surface area contributed by atoms with Crippen molar-refractivity contribution in [3.63, 3.8) is 0 Å². The van der Waals surface area contributed by atoms with E-state index < -0.39 is 5.41 Å². The Morgan fingerprint density at radius 2 is 2.27 bits per heavy atom. The van der Waals surface area contributed by atoms with Gasteiger partial charge in [-0.05, 0) is 6.92 Å². The first-order valence-corrected chi connectivity index (χ1v) is 3.87. The fourth-order valence-electron chi connectivity index (χ4n) is 0.964. The van der Waals surface area contributed by atoms with Crippen LogP contribution < -0.4 is 5.73 Å². The summed E-state index contributed by atoms with van der Waals surface area (Å²) in [7, 11) is 0. The van der Waals surface area contributed by atoms with Gasteiger partial charge in [0.1, 0.15) is 0 Å². The minimum atomic E-state index is -0.627. The molecular weight excluding hydrogens is 158 g/mol. The van der Waals surface area contributed by atoms with Gasteiger partial charge in [-0.2, -0.15) is 0 Å². The Labute approximate surface area is 71.6 Å². The van der Waals surface area contributed by atoms with Crippen molar-refractivity contribution in [1.29, 1.82) is 0 Å². The number of carbonyl (C=O) groups is 1. The van der Waals surface area contributed by atoms with E-state index in [0.717, 1.165) is 0 Å². The van der Waals surface area contributed by atoms with Crippen LogP contribution in [0.1, 0.15) is 6.92 Å². The third-order valence-corrected chi connectivity index (χ3v) is 2.51. The van der Waals surface area contributed by atoms with Crippen LogP contribution in [-0.2, 0) is 4.79 Å². The van der Waals surface area contributed by atoms with Crippen molar-refractivity contribution < 1.29 is 4.79 Å². The van der Waals surface area contributed by atoms with Gasteiger partial charge in [-0.15, -0.1) is 12.6 Å². The van der Waals surface area contributed by atoms with Gasteiger partial charge in [-0.3, -0.25) is 4.79 Å². The van der Waals surface area contributed by atoms with Crippen LogP contribution in [0.3, 0.4) is 0 Å². The summed E-state index contributed by atoms with van der Waals surface area (Å²) < 4.78 is 0. The van der Waals surface area contributed by atoms with E-state index in [2.05, 4.69) is 12.6 Å². The van der Waals surface area contributed by atoms with Gasteiger partial charge >= 0.3 is 0 Å². The zero-order chi connectivity index (χ0) is 8.48. The molecule has 1 aliphatic rings. The highest BCUT2D eigenvalue weighted by molar-refractivity contribution is 7.96. The Morgan fingerprint density at radius 1 is 1.64 bits per heavy atom. The summed E-state index contributed by atoms with van der Waals surface area (Å²) >= 11 is 3.78. The van der Waals surface area contributed by atoms with Gasteiger partial charge in [-0.1, -0.05) is 24.3 Å². The minimum Gasteiger partial charge on any atom is -0.323 e. The zero-order valence-electron chi connectivity index (χ0n) is 6.32. The number of nitrogens with two attached hydrogens (primary N) is 1. The quantitative estimate of drug-likeness (QED) is 0.573. The highest BCUT2D eigenvalue weighted by Crippen LogP contribution is 2.28. The molecule has 3 heteroatoms. The van der Waals surface area contributed by atoms with Gasteiger partial charge < -0.3 is 5.73 Å². The van der Waals surface area contributed by atoms with Crippen molar-refractivity contribution in [2.24, 2.45) is 11.1 Å². The van der Waals surface area contributed by atoms with Crippen molar-refractivity contribution in [1.82, 2.24) is 0 Å². The van der Waals surface area contributed by atoms with Crippen LogP contribution in [-0.4, -0.2) is 11.2 Å². The van der Waals surface area contributed by atoms with Crippen LogP contribution in [0.5, 0.6) is 0 Å². The lowest BCUT2D eigenvalue weighted by Crippen LogP contribution is -2.41. The van der Waals surface area contributed by atoms with Crippen LogP contribution >= 0.6 is 12.6 Å². The van der Waals surface area contributed by atoms with Gasteiger partial charge in [0, 0.05) is 6.04 Å². The van der Waals surface area contributed by atoms with Crippen molar-refractivity contribution in [2.75, 3.05) is 0 Å². The van der Waals surface area contributed by atoms with Gasteiger partial charge in [0.2, 0.25) is 0 Å². The average molecular weight is 169 g/mol. The largest absolute Gasteiger partial charge is 0.323 e. The molecule has 0 amide bonds. The van der Waals surface area contributed by atoms with E-state index >= 15 is 0 Å². The Balaban J connectivity index is 2.94. The molecule has 0 bridgehead atoms. The molecule has 0 saturated heterocycles. The van der Waals surface area contributed by atoms with Gasteiger partial charge in [0.25, 0.3) is 0 Å². The molecule has 0 aromatic carbocycles. The van der Waals surface area contributed by atoms with Crippen LogP contribution in [0.15, 0.2) is 24.3 Å². The first-order valence-electron chi connectivity index (χ1n) is 3.42. The second-order valence-electron chi connectivity index (χ2n) is 2.86. The molecule has 2 nitrogen and oxygen atoms in total. The summed E-state index contributed by atoms with van der Waals surface area (Å²) in [4.78, 5) is 11.0. The van der Waals surface area contributed by atoms with Gasteiger partial charge in [0.05, 0.1) is 5.41 Å². The lowest BCUT2D eigenvalue weighted by Gasteiger charge is -2.28. The highest BCUT2D eigenvalue weighted by Gasteiger charge is 2.34. The molecule has 0 heterocycles. The summed E-state index contributed by atoms with van der Waals surface area (Å²) in [5.74, 6) is 0.